The van der Waals surface area contributed by atoms with E-state index in [-0.39, 0.29) is 30.4 Å². The third-order valence-corrected chi connectivity index (χ3v) is 4.65. The summed E-state index contributed by atoms with van der Waals surface area (Å²) in [4.78, 5) is 32.3. The predicted octanol–water partition coefficient (Wildman–Crippen LogP) is 4.26. The second-order valence-corrected chi connectivity index (χ2v) is 7.72. The largest absolute Gasteiger partial charge is 0.381 e. The van der Waals surface area contributed by atoms with Gasteiger partial charge in [0.1, 0.15) is 12.1 Å². The molecular formula is C22H26FN3O3S. The molecule has 0 saturated heterocycles. The molecule has 2 aromatic rings. The van der Waals surface area contributed by atoms with E-state index < -0.39 is 6.10 Å². The Morgan fingerprint density at radius 1 is 1.27 bits per heavy atom. The summed E-state index contributed by atoms with van der Waals surface area (Å²) in [5.74, 6) is -0.0960. The lowest BCUT2D eigenvalue weighted by Crippen LogP contribution is -2.15. The number of ketones is 1. The molecule has 0 aliphatic rings. The first-order valence-corrected chi connectivity index (χ1v) is 9.94. The highest BCUT2D eigenvalue weighted by atomic mass is 32.1. The molecule has 0 fully saturated rings. The molecule has 0 radical (unpaired) electrons. The summed E-state index contributed by atoms with van der Waals surface area (Å²) in [6.07, 6.45) is 3.63. The van der Waals surface area contributed by atoms with E-state index in [0.29, 0.717) is 22.8 Å². The van der Waals surface area contributed by atoms with Crippen LogP contribution >= 0.6 is 12.8 Å². The summed E-state index contributed by atoms with van der Waals surface area (Å²) in [6.45, 7) is 3.98. The summed E-state index contributed by atoms with van der Waals surface area (Å²) in [5, 5.41) is 0. The van der Waals surface area contributed by atoms with Gasteiger partial charge in [-0.1, -0.05) is 26.7 Å². The second kappa shape index (κ2) is 11.0. The van der Waals surface area contributed by atoms with E-state index in [4.69, 9.17) is 4.74 Å². The van der Waals surface area contributed by atoms with Crippen LogP contribution in [0.4, 0.5) is 10.3 Å². The van der Waals surface area contributed by atoms with Crippen molar-refractivity contribution in [1.82, 2.24) is 9.97 Å². The maximum Gasteiger partial charge on any atom is 0.235 e. The minimum Gasteiger partial charge on any atom is -0.381 e. The first-order valence-electron chi connectivity index (χ1n) is 9.54. The van der Waals surface area contributed by atoms with Gasteiger partial charge in [0.25, 0.3) is 0 Å². The van der Waals surface area contributed by atoms with Crippen LogP contribution in [0.1, 0.15) is 43.9 Å². The van der Waals surface area contributed by atoms with Crippen LogP contribution < -0.4 is 4.31 Å². The standard InChI is InChI=1S/C22H26FN3O3S/c1-14(2)20-19(10-9-17(28)13-18(29-4)11-12-27)21(25-22(24-20)26(3)30)15-5-7-16(23)8-6-15/h5-10,12,14,18,30H,11,13H2,1-4H3/b10-9+. The SMILES string of the molecule is COC(CC=O)CC(=O)/C=C/c1c(-c2ccc(F)cc2)nc(N(C)S)nc1C(C)C. The number of rotatable bonds is 10. The van der Waals surface area contributed by atoms with Crippen LogP contribution in [0.3, 0.4) is 0 Å². The van der Waals surface area contributed by atoms with Crippen molar-refractivity contribution in [1.29, 1.82) is 0 Å². The van der Waals surface area contributed by atoms with Crippen molar-refractivity contribution in [2.24, 2.45) is 0 Å². The number of allylic oxidation sites excluding steroid dienone is 1. The minimum atomic E-state index is -0.461. The first kappa shape index (κ1) is 23.7. The quantitative estimate of drug-likeness (QED) is 0.344. The van der Waals surface area contributed by atoms with Crippen molar-refractivity contribution in [2.75, 3.05) is 18.5 Å². The Morgan fingerprint density at radius 3 is 2.47 bits per heavy atom. The highest BCUT2D eigenvalue weighted by Gasteiger charge is 2.18. The number of thiol groups is 1. The average molecular weight is 432 g/mol. The van der Waals surface area contributed by atoms with E-state index >= 15 is 0 Å². The number of hydrogen-bond acceptors (Lipinski definition) is 7. The Labute approximate surface area is 181 Å². The van der Waals surface area contributed by atoms with Gasteiger partial charge in [-0.25, -0.2) is 14.4 Å². The fourth-order valence-electron chi connectivity index (χ4n) is 2.89. The monoisotopic (exact) mass is 431 g/mol. The Balaban J connectivity index is 2.53. The van der Waals surface area contributed by atoms with E-state index in [1.54, 1.807) is 25.3 Å². The third kappa shape index (κ3) is 6.21. The van der Waals surface area contributed by atoms with Crippen LogP contribution in [0, 0.1) is 5.82 Å². The summed E-state index contributed by atoms with van der Waals surface area (Å²) < 4.78 is 20.1. The predicted molar refractivity (Wildman–Crippen MR) is 119 cm³/mol. The van der Waals surface area contributed by atoms with Crippen molar-refractivity contribution in [3.63, 3.8) is 0 Å². The molecule has 1 heterocycles. The number of ether oxygens (including phenoxy) is 1. The average Bonchev–Trinajstić information content (AvgIpc) is 2.71. The van der Waals surface area contributed by atoms with Crippen molar-refractivity contribution in [2.45, 2.75) is 38.7 Å². The lowest BCUT2D eigenvalue weighted by atomic mass is 9.97. The number of carbonyl (C=O) groups excluding carboxylic acids is 2. The molecule has 2 rings (SSSR count). The van der Waals surface area contributed by atoms with Crippen LogP contribution in [-0.4, -0.2) is 42.3 Å². The molecule has 8 heteroatoms. The molecule has 30 heavy (non-hydrogen) atoms. The molecule has 0 N–H and O–H groups in total. The number of methoxy groups -OCH3 is 1. The summed E-state index contributed by atoms with van der Waals surface area (Å²) >= 11 is 4.30. The van der Waals surface area contributed by atoms with Crippen molar-refractivity contribution < 1.29 is 18.7 Å². The van der Waals surface area contributed by atoms with Gasteiger partial charge in [-0.05, 0) is 42.3 Å². The molecule has 1 aromatic carbocycles. The Morgan fingerprint density at radius 2 is 1.93 bits per heavy atom. The zero-order chi connectivity index (χ0) is 22.3. The van der Waals surface area contributed by atoms with Crippen molar-refractivity contribution in [3.05, 3.63) is 47.4 Å². The Hall–Kier alpha value is -2.58. The van der Waals surface area contributed by atoms with Gasteiger partial charge >= 0.3 is 0 Å². The van der Waals surface area contributed by atoms with Crippen LogP contribution in [0.15, 0.2) is 30.3 Å². The third-order valence-electron chi connectivity index (χ3n) is 4.47. The van der Waals surface area contributed by atoms with E-state index in [2.05, 4.69) is 22.8 Å². The number of hydrogen-bond donors (Lipinski definition) is 1. The molecule has 1 aromatic heterocycles. The molecule has 6 nitrogen and oxygen atoms in total. The van der Waals surface area contributed by atoms with Gasteiger partial charge in [0, 0.05) is 38.1 Å². The van der Waals surface area contributed by atoms with Gasteiger partial charge in [-0.2, -0.15) is 0 Å². The first-order chi connectivity index (χ1) is 14.3. The lowest BCUT2D eigenvalue weighted by Gasteiger charge is -2.18. The molecule has 0 aliphatic carbocycles. The molecule has 0 spiro atoms. The normalized spacial score (nSPS) is 12.4. The maximum atomic E-state index is 13.4. The number of carbonyl (C=O) groups is 2. The minimum absolute atomic E-state index is 0.0378. The van der Waals surface area contributed by atoms with E-state index in [9.17, 15) is 14.0 Å². The molecule has 160 valence electrons. The number of aldehydes is 1. The second-order valence-electron chi connectivity index (χ2n) is 7.12. The molecule has 1 atom stereocenters. The van der Waals surface area contributed by atoms with E-state index in [1.807, 2.05) is 13.8 Å². The van der Waals surface area contributed by atoms with Crippen LogP contribution in [0.25, 0.3) is 17.3 Å². The molecule has 0 bridgehead atoms. The Bertz CT molecular complexity index is 915. The van der Waals surface area contributed by atoms with Gasteiger partial charge in [0.15, 0.2) is 5.78 Å². The summed E-state index contributed by atoms with van der Waals surface area (Å²) in [5.41, 5.74) is 2.68. The van der Waals surface area contributed by atoms with Gasteiger partial charge in [0.05, 0.1) is 17.5 Å². The van der Waals surface area contributed by atoms with Crippen LogP contribution in [0.5, 0.6) is 0 Å². The van der Waals surface area contributed by atoms with Crippen LogP contribution in [-0.2, 0) is 14.3 Å². The van der Waals surface area contributed by atoms with Crippen molar-refractivity contribution in [3.8, 4) is 11.3 Å². The smallest absolute Gasteiger partial charge is 0.235 e. The highest BCUT2D eigenvalue weighted by molar-refractivity contribution is 7.81. The van der Waals surface area contributed by atoms with E-state index in [1.165, 1.54) is 29.6 Å². The number of nitrogens with zero attached hydrogens (tertiary/aromatic N) is 3. The van der Waals surface area contributed by atoms with Gasteiger partial charge < -0.3 is 9.53 Å². The Kier molecular flexibility index (Phi) is 8.68. The molecule has 0 amide bonds. The fourth-order valence-corrected chi connectivity index (χ4v) is 2.98. The zero-order valence-electron chi connectivity index (χ0n) is 17.5. The lowest BCUT2D eigenvalue weighted by molar-refractivity contribution is -0.117. The number of aromatic nitrogens is 2. The van der Waals surface area contributed by atoms with Crippen molar-refractivity contribution >= 4 is 36.9 Å². The number of benzene rings is 1. The summed E-state index contributed by atoms with van der Waals surface area (Å²) in [7, 11) is 3.18. The zero-order valence-corrected chi connectivity index (χ0v) is 18.4. The van der Waals surface area contributed by atoms with Gasteiger partial charge in [-0.15, -0.1) is 0 Å². The van der Waals surface area contributed by atoms with E-state index in [0.717, 1.165) is 12.0 Å². The summed E-state index contributed by atoms with van der Waals surface area (Å²) in [6, 6.07) is 5.98. The molecule has 0 saturated carbocycles. The number of halogens is 1. The topological polar surface area (TPSA) is 72.4 Å². The van der Waals surface area contributed by atoms with Gasteiger partial charge in [-0.3, -0.25) is 9.10 Å². The number of anilines is 1. The van der Waals surface area contributed by atoms with Crippen LogP contribution in [0.2, 0.25) is 0 Å². The van der Waals surface area contributed by atoms with Gasteiger partial charge in [0.2, 0.25) is 5.95 Å². The maximum absolute atomic E-state index is 13.4. The fraction of sp³-hybridized carbons (Fsp3) is 0.364. The highest BCUT2D eigenvalue weighted by Crippen LogP contribution is 2.31. The molecular weight excluding hydrogens is 405 g/mol. The molecule has 1 unspecified atom stereocenters. The molecule has 0 aliphatic heterocycles.